The lowest BCUT2D eigenvalue weighted by Crippen LogP contribution is -2.32. The van der Waals surface area contributed by atoms with Gasteiger partial charge >= 0.3 is 0 Å². The third-order valence-corrected chi connectivity index (χ3v) is 5.17. The van der Waals surface area contributed by atoms with Gasteiger partial charge in [-0.1, -0.05) is 0 Å². The maximum Gasteiger partial charge on any atom is 0.157 e. The molecule has 4 aromatic rings. The first-order valence-electron chi connectivity index (χ1n) is 8.89. The normalized spacial score (nSPS) is 14.2. The fourth-order valence-electron chi connectivity index (χ4n) is 3.94. The maximum absolute atomic E-state index is 5.42. The molecular formula is C20H21N5O. The number of nitrogens with zero attached hydrogens (tertiary/aromatic N) is 4. The van der Waals surface area contributed by atoms with Crippen molar-refractivity contribution in [3.05, 3.63) is 53.0 Å². The minimum Gasteiger partial charge on any atom is -0.497 e. The Morgan fingerprint density at radius 2 is 2.00 bits per heavy atom. The molecule has 4 heterocycles. The summed E-state index contributed by atoms with van der Waals surface area (Å²) in [6.07, 6.45) is 0.982. The van der Waals surface area contributed by atoms with Crippen LogP contribution < -0.4 is 9.64 Å². The molecule has 0 atom stereocenters. The average Bonchev–Trinajstić information content (AvgIpc) is 3.19. The highest BCUT2D eigenvalue weighted by atomic mass is 16.5. The number of benzene rings is 1. The van der Waals surface area contributed by atoms with E-state index in [2.05, 4.69) is 38.2 Å². The van der Waals surface area contributed by atoms with Crippen LogP contribution in [-0.4, -0.2) is 33.2 Å². The summed E-state index contributed by atoms with van der Waals surface area (Å²) in [5, 5.41) is 5.89. The number of fused-ring (bicyclic) bond motifs is 4. The van der Waals surface area contributed by atoms with Crippen molar-refractivity contribution >= 4 is 22.4 Å². The fraction of sp³-hybridized carbons (Fsp3) is 0.300. The molecule has 132 valence electrons. The number of aromatic nitrogens is 4. The van der Waals surface area contributed by atoms with Gasteiger partial charge in [0.2, 0.25) is 0 Å². The summed E-state index contributed by atoms with van der Waals surface area (Å²) in [5.41, 5.74) is 6.74. The molecule has 0 saturated carbocycles. The van der Waals surface area contributed by atoms with Crippen LogP contribution in [0.25, 0.3) is 16.6 Å². The second-order valence-corrected chi connectivity index (χ2v) is 6.98. The summed E-state index contributed by atoms with van der Waals surface area (Å²) in [5.74, 6) is 1.99. The zero-order chi connectivity index (χ0) is 17.8. The van der Waals surface area contributed by atoms with E-state index >= 15 is 0 Å². The molecule has 0 saturated heterocycles. The number of methoxy groups -OCH3 is 1. The summed E-state index contributed by atoms with van der Waals surface area (Å²) in [6.45, 7) is 5.85. The number of rotatable bonds is 2. The molecule has 0 spiro atoms. The van der Waals surface area contributed by atoms with E-state index in [1.54, 1.807) is 7.11 Å². The monoisotopic (exact) mass is 347 g/mol. The van der Waals surface area contributed by atoms with Crippen molar-refractivity contribution in [3.63, 3.8) is 0 Å². The fourth-order valence-corrected chi connectivity index (χ4v) is 3.94. The van der Waals surface area contributed by atoms with Crippen LogP contribution >= 0.6 is 0 Å². The van der Waals surface area contributed by atoms with Gasteiger partial charge in [0, 0.05) is 59.5 Å². The second kappa shape index (κ2) is 5.49. The summed E-state index contributed by atoms with van der Waals surface area (Å²) in [7, 11) is 1.71. The Morgan fingerprint density at radius 1 is 1.12 bits per heavy atom. The Bertz CT molecular complexity index is 1140. The van der Waals surface area contributed by atoms with Crippen LogP contribution in [0.3, 0.4) is 0 Å². The lowest BCUT2D eigenvalue weighted by Gasteiger charge is -2.29. The first-order chi connectivity index (χ1) is 12.6. The molecule has 6 nitrogen and oxygen atoms in total. The number of hydrogen-bond acceptors (Lipinski definition) is 4. The largest absolute Gasteiger partial charge is 0.497 e. The van der Waals surface area contributed by atoms with E-state index in [-0.39, 0.29) is 0 Å². The van der Waals surface area contributed by atoms with Gasteiger partial charge < -0.3 is 14.6 Å². The van der Waals surface area contributed by atoms with Gasteiger partial charge in [0.25, 0.3) is 0 Å². The Labute approximate surface area is 151 Å². The molecule has 0 fully saturated rings. The van der Waals surface area contributed by atoms with E-state index in [0.717, 1.165) is 48.1 Å². The maximum atomic E-state index is 5.42. The number of ether oxygens (including phenoxy) is 1. The highest BCUT2D eigenvalue weighted by molar-refractivity contribution is 5.86. The van der Waals surface area contributed by atoms with Crippen molar-refractivity contribution in [1.29, 1.82) is 0 Å². The molecule has 6 heteroatoms. The summed E-state index contributed by atoms with van der Waals surface area (Å²) >= 11 is 0. The number of hydrogen-bond donors (Lipinski definition) is 1. The number of nitrogens with one attached hydrogen (secondary N) is 1. The third-order valence-electron chi connectivity index (χ3n) is 5.17. The summed E-state index contributed by atoms with van der Waals surface area (Å²) in [6, 6.07) is 10.4. The Kier molecular flexibility index (Phi) is 3.22. The van der Waals surface area contributed by atoms with Gasteiger partial charge in [-0.05, 0) is 32.0 Å². The van der Waals surface area contributed by atoms with E-state index in [0.29, 0.717) is 0 Å². The lowest BCUT2D eigenvalue weighted by atomic mass is 10.0. The number of H-pyrrole nitrogens is 1. The van der Waals surface area contributed by atoms with Gasteiger partial charge in [0.1, 0.15) is 11.6 Å². The van der Waals surface area contributed by atoms with E-state index in [1.165, 1.54) is 22.2 Å². The lowest BCUT2D eigenvalue weighted by molar-refractivity contribution is 0.415. The molecule has 1 aliphatic rings. The quantitative estimate of drug-likeness (QED) is 0.604. The minimum atomic E-state index is 0.847. The van der Waals surface area contributed by atoms with Crippen molar-refractivity contribution in [2.45, 2.75) is 26.8 Å². The van der Waals surface area contributed by atoms with Crippen molar-refractivity contribution in [1.82, 2.24) is 19.6 Å². The van der Waals surface area contributed by atoms with Gasteiger partial charge in [0.15, 0.2) is 5.65 Å². The molecule has 1 aromatic carbocycles. The first-order valence-corrected chi connectivity index (χ1v) is 8.89. The molecule has 26 heavy (non-hydrogen) atoms. The van der Waals surface area contributed by atoms with Crippen LogP contribution in [0.4, 0.5) is 5.82 Å². The van der Waals surface area contributed by atoms with Gasteiger partial charge in [-0.25, -0.2) is 4.98 Å². The second-order valence-electron chi connectivity index (χ2n) is 6.98. The topological polar surface area (TPSA) is 58.5 Å². The molecule has 5 rings (SSSR count). The summed E-state index contributed by atoms with van der Waals surface area (Å²) in [4.78, 5) is 10.6. The van der Waals surface area contributed by atoms with Gasteiger partial charge in [-0.3, -0.25) is 0 Å². The highest BCUT2D eigenvalue weighted by Gasteiger charge is 2.23. The first kappa shape index (κ1) is 15.3. The highest BCUT2D eigenvalue weighted by Crippen LogP contribution is 2.32. The predicted molar refractivity (Wildman–Crippen MR) is 102 cm³/mol. The zero-order valence-electron chi connectivity index (χ0n) is 15.2. The smallest absolute Gasteiger partial charge is 0.157 e. The van der Waals surface area contributed by atoms with E-state index in [1.807, 2.05) is 30.5 Å². The van der Waals surface area contributed by atoms with Crippen LogP contribution in [0.2, 0.25) is 0 Å². The number of aryl methyl sites for hydroxylation is 2. The molecular weight excluding hydrogens is 326 g/mol. The van der Waals surface area contributed by atoms with E-state index in [9.17, 15) is 0 Å². The van der Waals surface area contributed by atoms with Gasteiger partial charge in [0.05, 0.1) is 12.8 Å². The van der Waals surface area contributed by atoms with Crippen LogP contribution in [0, 0.1) is 13.8 Å². The van der Waals surface area contributed by atoms with E-state index in [4.69, 9.17) is 4.74 Å². The zero-order valence-corrected chi connectivity index (χ0v) is 15.2. The van der Waals surface area contributed by atoms with Crippen molar-refractivity contribution in [2.75, 3.05) is 18.6 Å². The van der Waals surface area contributed by atoms with Crippen LogP contribution in [0.15, 0.2) is 30.3 Å². The Balaban J connectivity index is 1.62. The van der Waals surface area contributed by atoms with Crippen molar-refractivity contribution < 1.29 is 4.74 Å². The van der Waals surface area contributed by atoms with Gasteiger partial charge in [-0.2, -0.15) is 9.61 Å². The molecule has 3 aromatic heterocycles. The number of aromatic amines is 1. The SMILES string of the molecule is COc1ccc2[nH]c3c(c2c1)CN(c1cc(C)nc2cc(C)nn12)CC3. The standard InChI is InChI=1S/C20H21N5O/c1-12-9-20(25-19(21-12)8-13(2)23-25)24-7-6-18-16(11-24)15-10-14(26-3)4-5-17(15)22-18/h4-5,8-10,22H,6-7,11H2,1-3H3. The molecule has 0 aliphatic carbocycles. The molecule has 0 radical (unpaired) electrons. The van der Waals surface area contributed by atoms with Crippen molar-refractivity contribution in [3.8, 4) is 5.75 Å². The Morgan fingerprint density at radius 3 is 2.85 bits per heavy atom. The molecule has 1 N–H and O–H groups in total. The van der Waals surface area contributed by atoms with Gasteiger partial charge in [-0.15, -0.1) is 0 Å². The minimum absolute atomic E-state index is 0.847. The van der Waals surface area contributed by atoms with Crippen LogP contribution in [-0.2, 0) is 13.0 Å². The predicted octanol–water partition coefficient (Wildman–Crippen LogP) is 3.40. The molecule has 0 amide bonds. The third kappa shape index (κ3) is 2.25. The van der Waals surface area contributed by atoms with Crippen molar-refractivity contribution in [2.24, 2.45) is 0 Å². The Hall–Kier alpha value is -3.02. The molecule has 0 unspecified atom stereocenters. The summed E-state index contributed by atoms with van der Waals surface area (Å²) < 4.78 is 7.38. The number of anilines is 1. The van der Waals surface area contributed by atoms with Crippen LogP contribution in [0.1, 0.15) is 22.6 Å². The molecule has 0 bridgehead atoms. The average molecular weight is 347 g/mol. The molecule has 1 aliphatic heterocycles. The van der Waals surface area contributed by atoms with Crippen LogP contribution in [0.5, 0.6) is 5.75 Å². The van der Waals surface area contributed by atoms with E-state index < -0.39 is 0 Å².